The second kappa shape index (κ2) is 6.25. The van der Waals surface area contributed by atoms with Gasteiger partial charge in [-0.05, 0) is 12.5 Å². The standard InChI is InChI=1S/C14H16N2O5/c1-21-11-5-3-2-4-9(11)8-16-13(19)10(15-14(16)20)6-7-12(17)18/h2-5,10H,6-8H2,1H3,(H,15,20)(H,17,18). The molecule has 1 atom stereocenters. The van der Waals surface area contributed by atoms with Crippen LogP contribution in [0.3, 0.4) is 0 Å². The van der Waals surface area contributed by atoms with E-state index < -0.39 is 23.9 Å². The molecule has 3 amide bonds. The molecule has 1 aromatic carbocycles. The highest BCUT2D eigenvalue weighted by Crippen LogP contribution is 2.22. The molecule has 2 N–H and O–H groups in total. The van der Waals surface area contributed by atoms with Crippen LogP contribution in [-0.4, -0.2) is 41.1 Å². The number of benzene rings is 1. The van der Waals surface area contributed by atoms with E-state index >= 15 is 0 Å². The number of carbonyl (C=O) groups is 3. The Morgan fingerprint density at radius 2 is 2.10 bits per heavy atom. The van der Waals surface area contributed by atoms with Crippen molar-refractivity contribution in [3.8, 4) is 5.75 Å². The molecule has 1 unspecified atom stereocenters. The summed E-state index contributed by atoms with van der Waals surface area (Å²) in [5.41, 5.74) is 0.711. The first-order chi connectivity index (χ1) is 10.0. The van der Waals surface area contributed by atoms with Gasteiger partial charge in [0, 0.05) is 12.0 Å². The lowest BCUT2D eigenvalue weighted by Gasteiger charge is -2.15. The number of hydrogen-bond donors (Lipinski definition) is 2. The third-order valence-corrected chi connectivity index (χ3v) is 3.27. The zero-order chi connectivity index (χ0) is 15.4. The van der Waals surface area contributed by atoms with Gasteiger partial charge in [-0.2, -0.15) is 0 Å². The van der Waals surface area contributed by atoms with Gasteiger partial charge in [0.1, 0.15) is 11.8 Å². The van der Waals surface area contributed by atoms with Crippen molar-refractivity contribution in [1.82, 2.24) is 10.2 Å². The third-order valence-electron chi connectivity index (χ3n) is 3.27. The van der Waals surface area contributed by atoms with Gasteiger partial charge in [0.25, 0.3) is 5.91 Å². The zero-order valence-corrected chi connectivity index (χ0v) is 11.5. The number of para-hydroxylation sites is 1. The Morgan fingerprint density at radius 3 is 2.76 bits per heavy atom. The van der Waals surface area contributed by atoms with Crippen LogP contribution in [0.4, 0.5) is 4.79 Å². The van der Waals surface area contributed by atoms with E-state index in [1.807, 2.05) is 0 Å². The van der Waals surface area contributed by atoms with E-state index in [1.165, 1.54) is 7.11 Å². The Morgan fingerprint density at radius 1 is 1.38 bits per heavy atom. The number of ether oxygens (including phenoxy) is 1. The van der Waals surface area contributed by atoms with Gasteiger partial charge in [-0.3, -0.25) is 14.5 Å². The number of urea groups is 1. The maximum Gasteiger partial charge on any atom is 0.325 e. The molecule has 1 aliphatic heterocycles. The highest BCUT2D eigenvalue weighted by Gasteiger charge is 2.38. The van der Waals surface area contributed by atoms with Crippen molar-refractivity contribution in [2.24, 2.45) is 0 Å². The van der Waals surface area contributed by atoms with Crippen LogP contribution in [0.25, 0.3) is 0 Å². The minimum Gasteiger partial charge on any atom is -0.496 e. The van der Waals surface area contributed by atoms with Crippen molar-refractivity contribution in [2.75, 3.05) is 7.11 Å². The van der Waals surface area contributed by atoms with Gasteiger partial charge in [0.2, 0.25) is 0 Å². The van der Waals surface area contributed by atoms with E-state index in [0.29, 0.717) is 11.3 Å². The van der Waals surface area contributed by atoms with Crippen LogP contribution in [0.15, 0.2) is 24.3 Å². The van der Waals surface area contributed by atoms with Crippen molar-refractivity contribution in [3.05, 3.63) is 29.8 Å². The maximum atomic E-state index is 12.1. The van der Waals surface area contributed by atoms with Gasteiger partial charge in [-0.1, -0.05) is 18.2 Å². The molecular formula is C14H16N2O5. The molecule has 1 heterocycles. The van der Waals surface area contributed by atoms with Gasteiger partial charge < -0.3 is 15.2 Å². The van der Waals surface area contributed by atoms with E-state index in [-0.39, 0.29) is 19.4 Å². The summed E-state index contributed by atoms with van der Waals surface area (Å²) >= 11 is 0. The number of carbonyl (C=O) groups excluding carboxylic acids is 2. The molecule has 0 spiro atoms. The first-order valence-electron chi connectivity index (χ1n) is 6.48. The molecular weight excluding hydrogens is 276 g/mol. The number of nitrogens with zero attached hydrogens (tertiary/aromatic N) is 1. The Hall–Kier alpha value is -2.57. The summed E-state index contributed by atoms with van der Waals surface area (Å²) < 4.78 is 5.18. The zero-order valence-electron chi connectivity index (χ0n) is 11.5. The van der Waals surface area contributed by atoms with Crippen LogP contribution in [0, 0.1) is 0 Å². The fraction of sp³-hybridized carbons (Fsp3) is 0.357. The average molecular weight is 292 g/mol. The average Bonchev–Trinajstić information content (AvgIpc) is 2.73. The summed E-state index contributed by atoms with van der Waals surface area (Å²) in [5, 5.41) is 11.1. The van der Waals surface area contributed by atoms with E-state index in [1.54, 1.807) is 24.3 Å². The van der Waals surface area contributed by atoms with Crippen molar-refractivity contribution in [1.29, 1.82) is 0 Å². The number of imide groups is 1. The molecule has 1 aromatic rings. The topological polar surface area (TPSA) is 95.9 Å². The normalized spacial score (nSPS) is 17.8. The summed E-state index contributed by atoms with van der Waals surface area (Å²) in [6, 6.07) is 5.81. The van der Waals surface area contributed by atoms with Crippen molar-refractivity contribution < 1.29 is 24.2 Å². The summed E-state index contributed by atoms with van der Waals surface area (Å²) in [6.45, 7) is 0.0955. The highest BCUT2D eigenvalue weighted by molar-refractivity contribution is 6.04. The first kappa shape index (κ1) is 14.8. The lowest BCUT2D eigenvalue weighted by Crippen LogP contribution is -2.31. The molecule has 0 radical (unpaired) electrons. The molecule has 0 saturated carbocycles. The molecule has 1 aliphatic rings. The lowest BCUT2D eigenvalue weighted by atomic mass is 10.1. The largest absolute Gasteiger partial charge is 0.496 e. The Bertz CT molecular complexity index is 572. The quantitative estimate of drug-likeness (QED) is 0.762. The summed E-state index contributed by atoms with van der Waals surface area (Å²) in [7, 11) is 1.51. The Labute approximate surface area is 121 Å². The second-order valence-electron chi connectivity index (χ2n) is 4.67. The lowest BCUT2D eigenvalue weighted by molar-refractivity contribution is -0.137. The highest BCUT2D eigenvalue weighted by atomic mass is 16.5. The molecule has 0 bridgehead atoms. The van der Waals surface area contributed by atoms with Crippen LogP contribution in [-0.2, 0) is 16.1 Å². The fourth-order valence-electron chi connectivity index (χ4n) is 2.19. The van der Waals surface area contributed by atoms with Crippen molar-refractivity contribution in [2.45, 2.75) is 25.4 Å². The first-order valence-corrected chi connectivity index (χ1v) is 6.48. The van der Waals surface area contributed by atoms with E-state index in [4.69, 9.17) is 9.84 Å². The van der Waals surface area contributed by atoms with Crippen LogP contribution in [0.2, 0.25) is 0 Å². The van der Waals surface area contributed by atoms with Gasteiger partial charge in [0.15, 0.2) is 0 Å². The van der Waals surface area contributed by atoms with Crippen LogP contribution in [0.1, 0.15) is 18.4 Å². The number of nitrogens with one attached hydrogen (secondary N) is 1. The van der Waals surface area contributed by atoms with Crippen LogP contribution >= 0.6 is 0 Å². The van der Waals surface area contributed by atoms with Crippen LogP contribution < -0.4 is 10.1 Å². The van der Waals surface area contributed by atoms with Gasteiger partial charge >= 0.3 is 12.0 Å². The Balaban J connectivity index is 2.08. The fourth-order valence-corrected chi connectivity index (χ4v) is 2.19. The molecule has 2 rings (SSSR count). The number of aliphatic carboxylic acids is 1. The third kappa shape index (κ3) is 3.31. The molecule has 112 valence electrons. The predicted molar refractivity (Wildman–Crippen MR) is 72.7 cm³/mol. The maximum absolute atomic E-state index is 12.1. The van der Waals surface area contributed by atoms with E-state index in [9.17, 15) is 14.4 Å². The summed E-state index contributed by atoms with van der Waals surface area (Å²) in [6.07, 6.45) is -0.0818. The molecule has 0 aliphatic carbocycles. The predicted octanol–water partition coefficient (Wildman–Crippen LogP) is 0.980. The summed E-state index contributed by atoms with van der Waals surface area (Å²) in [4.78, 5) is 35.6. The van der Waals surface area contributed by atoms with E-state index in [0.717, 1.165) is 4.90 Å². The molecule has 7 nitrogen and oxygen atoms in total. The molecule has 0 aromatic heterocycles. The van der Waals surface area contributed by atoms with Gasteiger partial charge in [-0.15, -0.1) is 0 Å². The van der Waals surface area contributed by atoms with Crippen LogP contribution in [0.5, 0.6) is 5.75 Å². The minimum absolute atomic E-state index is 0.0856. The summed E-state index contributed by atoms with van der Waals surface area (Å²) in [5.74, 6) is -0.820. The smallest absolute Gasteiger partial charge is 0.325 e. The minimum atomic E-state index is -1.000. The van der Waals surface area contributed by atoms with Crippen molar-refractivity contribution >= 4 is 17.9 Å². The van der Waals surface area contributed by atoms with Crippen molar-refractivity contribution in [3.63, 3.8) is 0 Å². The molecule has 7 heteroatoms. The number of rotatable bonds is 6. The number of hydrogen-bond acceptors (Lipinski definition) is 4. The molecule has 1 fully saturated rings. The number of carboxylic acid groups (broad SMARTS) is 1. The SMILES string of the molecule is COc1ccccc1CN1C(=O)NC(CCC(=O)O)C1=O. The number of carboxylic acids is 1. The second-order valence-corrected chi connectivity index (χ2v) is 4.67. The van der Waals surface area contributed by atoms with E-state index in [2.05, 4.69) is 5.32 Å². The number of amides is 3. The van der Waals surface area contributed by atoms with Gasteiger partial charge in [-0.25, -0.2) is 4.79 Å². The number of methoxy groups -OCH3 is 1. The molecule has 21 heavy (non-hydrogen) atoms. The monoisotopic (exact) mass is 292 g/mol. The van der Waals surface area contributed by atoms with Gasteiger partial charge in [0.05, 0.1) is 13.7 Å². The Kier molecular flexibility index (Phi) is 4.42. The molecule has 1 saturated heterocycles.